The number of carbonyl (C=O) groups excluding carboxylic acids is 1. The fourth-order valence-electron chi connectivity index (χ4n) is 1.17. The van der Waals surface area contributed by atoms with E-state index in [4.69, 9.17) is 10.6 Å². The molecule has 0 spiro atoms. The molecule has 0 aromatic heterocycles. The summed E-state index contributed by atoms with van der Waals surface area (Å²) in [6.07, 6.45) is -0.775. The first kappa shape index (κ1) is 13.9. The first-order valence-corrected chi connectivity index (χ1v) is 5.23. The van der Waals surface area contributed by atoms with Crippen LogP contribution in [0, 0.1) is 10.1 Å². The maximum atomic E-state index is 11.6. The minimum atomic E-state index is -0.775. The molecule has 1 aromatic rings. The average Bonchev–Trinajstić information content (AvgIpc) is 2.26. The number of nitro benzene ring substituents is 1. The first-order valence-electron chi connectivity index (χ1n) is 5.23. The van der Waals surface area contributed by atoms with Gasteiger partial charge in [-0.2, -0.15) is 0 Å². The Morgan fingerprint density at radius 1 is 1.44 bits per heavy atom. The molecular weight excluding hydrogens is 238 g/mol. The van der Waals surface area contributed by atoms with Crippen molar-refractivity contribution in [2.75, 3.05) is 5.01 Å². The van der Waals surface area contributed by atoms with Crippen molar-refractivity contribution in [2.24, 2.45) is 5.84 Å². The summed E-state index contributed by atoms with van der Waals surface area (Å²) in [4.78, 5) is 21.7. The van der Waals surface area contributed by atoms with Crippen molar-refractivity contribution in [2.45, 2.75) is 26.4 Å². The Morgan fingerprint density at radius 3 is 2.56 bits per heavy atom. The van der Waals surface area contributed by atoms with E-state index >= 15 is 0 Å². The SMILES string of the molecule is CC(C)(C)OC(=O)N(N)c1cccc([N+](=O)[O-])c1. The number of non-ortho nitro benzene ring substituents is 1. The molecule has 1 aromatic carbocycles. The van der Waals surface area contributed by atoms with Crippen LogP contribution in [0.4, 0.5) is 16.2 Å². The van der Waals surface area contributed by atoms with Gasteiger partial charge in [0, 0.05) is 12.1 Å². The largest absolute Gasteiger partial charge is 0.442 e. The lowest BCUT2D eigenvalue weighted by molar-refractivity contribution is -0.384. The zero-order valence-corrected chi connectivity index (χ0v) is 10.4. The molecule has 0 bridgehead atoms. The number of nitro groups is 1. The quantitative estimate of drug-likeness (QED) is 0.377. The first-order chi connectivity index (χ1) is 8.20. The van der Waals surface area contributed by atoms with E-state index < -0.39 is 16.6 Å². The van der Waals surface area contributed by atoms with Gasteiger partial charge in [-0.3, -0.25) is 10.1 Å². The number of nitrogens with zero attached hydrogens (tertiary/aromatic N) is 2. The average molecular weight is 253 g/mol. The molecule has 0 fully saturated rings. The van der Waals surface area contributed by atoms with Crippen LogP contribution >= 0.6 is 0 Å². The lowest BCUT2D eigenvalue weighted by Gasteiger charge is -2.24. The zero-order chi connectivity index (χ0) is 13.9. The van der Waals surface area contributed by atoms with Gasteiger partial charge in [0.2, 0.25) is 0 Å². The number of hydrogen-bond acceptors (Lipinski definition) is 5. The lowest BCUT2D eigenvalue weighted by Crippen LogP contribution is -2.41. The summed E-state index contributed by atoms with van der Waals surface area (Å²) in [5.74, 6) is 5.55. The molecule has 0 saturated heterocycles. The highest BCUT2D eigenvalue weighted by Gasteiger charge is 2.22. The van der Waals surface area contributed by atoms with E-state index in [9.17, 15) is 14.9 Å². The number of rotatable bonds is 2. The van der Waals surface area contributed by atoms with Crippen LogP contribution in [0.3, 0.4) is 0 Å². The van der Waals surface area contributed by atoms with Gasteiger partial charge in [-0.15, -0.1) is 0 Å². The molecule has 0 saturated carbocycles. The number of hydrazine groups is 1. The van der Waals surface area contributed by atoms with Gasteiger partial charge < -0.3 is 4.74 Å². The molecule has 0 aliphatic carbocycles. The van der Waals surface area contributed by atoms with Crippen LogP contribution in [-0.2, 0) is 4.74 Å². The molecule has 98 valence electrons. The van der Waals surface area contributed by atoms with Gasteiger partial charge in [0.15, 0.2) is 0 Å². The van der Waals surface area contributed by atoms with Crippen LogP contribution in [0.1, 0.15) is 20.8 Å². The molecule has 0 unspecified atom stereocenters. The van der Waals surface area contributed by atoms with Crippen LogP contribution < -0.4 is 10.9 Å². The predicted molar refractivity (Wildman–Crippen MR) is 66.0 cm³/mol. The molecular formula is C11H15N3O4. The summed E-state index contributed by atoms with van der Waals surface area (Å²) >= 11 is 0. The van der Waals surface area contributed by atoms with Crippen molar-refractivity contribution in [1.82, 2.24) is 0 Å². The van der Waals surface area contributed by atoms with Gasteiger partial charge in [0.1, 0.15) is 5.60 Å². The van der Waals surface area contributed by atoms with Crippen LogP contribution in [0.25, 0.3) is 0 Å². The number of ether oxygens (including phenoxy) is 1. The van der Waals surface area contributed by atoms with E-state index in [-0.39, 0.29) is 11.4 Å². The summed E-state index contributed by atoms with van der Waals surface area (Å²) in [7, 11) is 0. The summed E-state index contributed by atoms with van der Waals surface area (Å²) in [5.41, 5.74) is -0.639. The molecule has 0 heterocycles. The molecule has 7 heteroatoms. The van der Waals surface area contributed by atoms with Crippen molar-refractivity contribution in [1.29, 1.82) is 0 Å². The third-order valence-corrected chi connectivity index (χ3v) is 1.91. The van der Waals surface area contributed by atoms with Crippen LogP contribution in [0.2, 0.25) is 0 Å². The van der Waals surface area contributed by atoms with E-state index in [1.165, 1.54) is 24.3 Å². The highest BCUT2D eigenvalue weighted by Crippen LogP contribution is 2.20. The topological polar surface area (TPSA) is 98.7 Å². The molecule has 7 nitrogen and oxygen atoms in total. The second kappa shape index (κ2) is 5.01. The molecule has 1 amide bonds. The Bertz CT molecular complexity index is 468. The number of benzene rings is 1. The number of amides is 1. The molecule has 1 rings (SSSR count). The van der Waals surface area contributed by atoms with Gasteiger partial charge in [-0.05, 0) is 26.8 Å². The normalized spacial score (nSPS) is 10.9. The summed E-state index contributed by atoms with van der Waals surface area (Å²) < 4.78 is 5.05. The number of hydrogen-bond donors (Lipinski definition) is 1. The van der Waals surface area contributed by atoms with Gasteiger partial charge in [0.25, 0.3) is 5.69 Å². The Balaban J connectivity index is 2.90. The standard InChI is InChI=1S/C11H15N3O4/c1-11(2,3)18-10(15)13(12)8-5-4-6-9(7-8)14(16)17/h4-7H,12H2,1-3H3. The maximum Gasteiger partial charge on any atom is 0.429 e. The summed E-state index contributed by atoms with van der Waals surface area (Å²) in [6.45, 7) is 5.10. The van der Waals surface area contributed by atoms with Crippen molar-refractivity contribution in [3.8, 4) is 0 Å². The molecule has 0 aliphatic rings. The minimum Gasteiger partial charge on any atom is -0.442 e. The van der Waals surface area contributed by atoms with E-state index in [2.05, 4.69) is 0 Å². The van der Waals surface area contributed by atoms with Gasteiger partial charge >= 0.3 is 6.09 Å². The zero-order valence-electron chi connectivity index (χ0n) is 10.4. The monoisotopic (exact) mass is 253 g/mol. The van der Waals surface area contributed by atoms with E-state index in [1.54, 1.807) is 20.8 Å². The number of anilines is 1. The Morgan fingerprint density at radius 2 is 2.06 bits per heavy atom. The maximum absolute atomic E-state index is 11.6. The predicted octanol–water partition coefficient (Wildman–Crippen LogP) is 2.21. The molecule has 0 atom stereocenters. The van der Waals surface area contributed by atoms with Crippen LogP contribution in [0.5, 0.6) is 0 Å². The van der Waals surface area contributed by atoms with Crippen molar-refractivity contribution in [3.05, 3.63) is 34.4 Å². The number of carbonyl (C=O) groups is 1. The second-order valence-electron chi connectivity index (χ2n) is 4.63. The van der Waals surface area contributed by atoms with Gasteiger partial charge in [-0.1, -0.05) is 6.07 Å². The molecule has 0 radical (unpaired) electrons. The number of nitrogens with two attached hydrogens (primary N) is 1. The molecule has 18 heavy (non-hydrogen) atoms. The van der Waals surface area contributed by atoms with Crippen molar-refractivity contribution in [3.63, 3.8) is 0 Å². The highest BCUT2D eigenvalue weighted by molar-refractivity contribution is 5.86. The third-order valence-electron chi connectivity index (χ3n) is 1.91. The van der Waals surface area contributed by atoms with E-state index in [0.29, 0.717) is 0 Å². The Kier molecular flexibility index (Phi) is 3.87. The summed E-state index contributed by atoms with van der Waals surface area (Å²) in [6, 6.07) is 5.44. The fourth-order valence-corrected chi connectivity index (χ4v) is 1.17. The third kappa shape index (κ3) is 3.70. The van der Waals surface area contributed by atoms with E-state index in [1.807, 2.05) is 0 Å². The van der Waals surface area contributed by atoms with Gasteiger partial charge in [0.05, 0.1) is 10.6 Å². The van der Waals surface area contributed by atoms with Gasteiger partial charge in [-0.25, -0.2) is 15.6 Å². The molecule has 2 N–H and O–H groups in total. The smallest absolute Gasteiger partial charge is 0.429 e. The summed E-state index contributed by atoms with van der Waals surface area (Å²) in [5, 5.41) is 11.3. The molecule has 0 aliphatic heterocycles. The second-order valence-corrected chi connectivity index (χ2v) is 4.63. The Hall–Kier alpha value is -2.15. The fraction of sp³-hybridized carbons (Fsp3) is 0.364. The van der Waals surface area contributed by atoms with Crippen molar-refractivity contribution >= 4 is 17.5 Å². The lowest BCUT2D eigenvalue weighted by atomic mass is 10.2. The van der Waals surface area contributed by atoms with Crippen LogP contribution in [-0.4, -0.2) is 16.6 Å². The van der Waals surface area contributed by atoms with Crippen molar-refractivity contribution < 1.29 is 14.5 Å². The highest BCUT2D eigenvalue weighted by atomic mass is 16.6. The van der Waals surface area contributed by atoms with E-state index in [0.717, 1.165) is 5.01 Å². The van der Waals surface area contributed by atoms with Crippen LogP contribution in [0.15, 0.2) is 24.3 Å². The Labute approximate surface area is 104 Å². The minimum absolute atomic E-state index is 0.147.